The maximum absolute atomic E-state index is 4.75. The van der Waals surface area contributed by atoms with Gasteiger partial charge < -0.3 is 5.32 Å². The van der Waals surface area contributed by atoms with Gasteiger partial charge in [-0.2, -0.15) is 0 Å². The molecule has 1 heterocycles. The number of hydrogen-bond acceptors (Lipinski definition) is 3. The summed E-state index contributed by atoms with van der Waals surface area (Å²) < 4.78 is 0. The Morgan fingerprint density at radius 3 is 2.71 bits per heavy atom. The third-order valence-electron chi connectivity index (χ3n) is 4.55. The average molecular weight is 300 g/mol. The van der Waals surface area contributed by atoms with Gasteiger partial charge in [-0.25, -0.2) is 4.98 Å². The second-order valence-corrected chi connectivity index (χ2v) is 7.00. The van der Waals surface area contributed by atoms with Crippen molar-refractivity contribution in [1.29, 1.82) is 0 Å². The summed E-state index contributed by atoms with van der Waals surface area (Å²) in [4.78, 5) is 4.75. The average Bonchev–Trinajstić information content (AvgIpc) is 3.03. The van der Waals surface area contributed by atoms with Gasteiger partial charge in [-0.3, -0.25) is 0 Å². The minimum absolute atomic E-state index is 0.606. The number of hydrogen-bond donors (Lipinski definition) is 1. The summed E-state index contributed by atoms with van der Waals surface area (Å²) in [5, 5.41) is 7.04. The smallest absolute Gasteiger partial charge is 0.107 e. The van der Waals surface area contributed by atoms with E-state index in [1.165, 1.54) is 42.7 Å². The summed E-state index contributed by atoms with van der Waals surface area (Å²) >= 11 is 1.76. The van der Waals surface area contributed by atoms with Crippen LogP contribution in [-0.4, -0.2) is 11.0 Å². The number of nitrogens with zero attached hydrogens (tertiary/aromatic N) is 1. The van der Waals surface area contributed by atoms with E-state index in [2.05, 4.69) is 41.9 Å². The molecule has 1 fully saturated rings. The zero-order valence-electron chi connectivity index (χ0n) is 12.7. The first kappa shape index (κ1) is 14.7. The van der Waals surface area contributed by atoms with E-state index < -0.39 is 0 Å². The highest BCUT2D eigenvalue weighted by Crippen LogP contribution is 2.27. The molecule has 0 bridgehead atoms. The highest BCUT2D eigenvalue weighted by atomic mass is 32.1. The highest BCUT2D eigenvalue weighted by Gasteiger charge is 2.19. The first-order chi connectivity index (χ1) is 10.3. The van der Waals surface area contributed by atoms with Crippen molar-refractivity contribution >= 4 is 11.3 Å². The van der Waals surface area contributed by atoms with Crippen LogP contribution >= 0.6 is 11.3 Å². The van der Waals surface area contributed by atoms with Crippen LogP contribution in [0.2, 0.25) is 0 Å². The summed E-state index contributed by atoms with van der Waals surface area (Å²) in [5.41, 5.74) is 2.31. The number of benzene rings is 1. The largest absolute Gasteiger partial charge is 0.308 e. The Balaban J connectivity index is 1.55. The molecule has 0 spiro atoms. The Morgan fingerprint density at radius 1 is 1.19 bits per heavy atom. The van der Waals surface area contributed by atoms with Crippen molar-refractivity contribution in [3.63, 3.8) is 0 Å². The van der Waals surface area contributed by atoms with Crippen LogP contribution in [-0.2, 0) is 6.54 Å². The lowest BCUT2D eigenvalue weighted by Gasteiger charge is -2.28. The minimum Gasteiger partial charge on any atom is -0.308 e. The van der Waals surface area contributed by atoms with Crippen LogP contribution in [0.15, 0.2) is 35.7 Å². The molecule has 1 N–H and O–H groups in total. The standard InChI is InChI=1S/C18H24N2S/c1-14(15-8-4-2-5-9-15)19-12-18-20-17(13-21-18)16-10-6-3-7-11-16/h3,6-7,10-11,13-15,19H,2,4-5,8-9,12H2,1H3. The molecule has 1 aliphatic carbocycles. The molecule has 21 heavy (non-hydrogen) atoms. The van der Waals surface area contributed by atoms with Crippen LogP contribution in [0.25, 0.3) is 11.3 Å². The Kier molecular flexibility index (Phi) is 5.04. The number of nitrogens with one attached hydrogen (secondary N) is 1. The fraction of sp³-hybridized carbons (Fsp3) is 0.500. The fourth-order valence-electron chi connectivity index (χ4n) is 3.18. The number of thiazole rings is 1. The van der Waals surface area contributed by atoms with Crippen LogP contribution in [0, 0.1) is 5.92 Å². The highest BCUT2D eigenvalue weighted by molar-refractivity contribution is 7.09. The Morgan fingerprint density at radius 2 is 1.95 bits per heavy atom. The summed E-state index contributed by atoms with van der Waals surface area (Å²) in [7, 11) is 0. The molecule has 1 atom stereocenters. The quantitative estimate of drug-likeness (QED) is 0.852. The summed E-state index contributed by atoms with van der Waals surface area (Å²) in [6, 6.07) is 11.0. The van der Waals surface area contributed by atoms with E-state index >= 15 is 0 Å². The van der Waals surface area contributed by atoms with Gasteiger partial charge in [-0.05, 0) is 25.7 Å². The van der Waals surface area contributed by atoms with Gasteiger partial charge in [0.2, 0.25) is 0 Å². The van der Waals surface area contributed by atoms with Gasteiger partial charge in [0.05, 0.1) is 5.69 Å². The zero-order valence-corrected chi connectivity index (χ0v) is 13.5. The Hall–Kier alpha value is -1.19. The first-order valence-electron chi connectivity index (χ1n) is 8.06. The molecular weight excluding hydrogens is 276 g/mol. The Labute approximate surface area is 131 Å². The maximum atomic E-state index is 4.75. The molecular formula is C18H24N2S. The lowest BCUT2D eigenvalue weighted by Crippen LogP contribution is -2.34. The maximum Gasteiger partial charge on any atom is 0.107 e. The van der Waals surface area contributed by atoms with E-state index in [0.29, 0.717) is 6.04 Å². The molecule has 1 aliphatic rings. The Bertz CT molecular complexity index is 543. The topological polar surface area (TPSA) is 24.9 Å². The van der Waals surface area contributed by atoms with Crippen molar-refractivity contribution in [1.82, 2.24) is 10.3 Å². The molecule has 3 heteroatoms. The second-order valence-electron chi connectivity index (χ2n) is 6.06. The van der Waals surface area contributed by atoms with Gasteiger partial charge in [0.25, 0.3) is 0 Å². The van der Waals surface area contributed by atoms with Crippen molar-refractivity contribution in [3.05, 3.63) is 40.7 Å². The van der Waals surface area contributed by atoms with Crippen LogP contribution in [0.5, 0.6) is 0 Å². The molecule has 0 radical (unpaired) electrons. The van der Waals surface area contributed by atoms with Crippen molar-refractivity contribution in [2.75, 3.05) is 0 Å². The van der Waals surface area contributed by atoms with Gasteiger partial charge in [-0.15, -0.1) is 11.3 Å². The van der Waals surface area contributed by atoms with Gasteiger partial charge >= 0.3 is 0 Å². The van der Waals surface area contributed by atoms with Crippen LogP contribution in [0.4, 0.5) is 0 Å². The molecule has 2 aromatic rings. The van der Waals surface area contributed by atoms with Crippen LogP contribution in [0.1, 0.15) is 44.0 Å². The summed E-state index contributed by atoms with van der Waals surface area (Å²) in [6.07, 6.45) is 7.02. The van der Waals surface area contributed by atoms with E-state index in [-0.39, 0.29) is 0 Å². The van der Waals surface area contributed by atoms with Gasteiger partial charge in [-0.1, -0.05) is 49.6 Å². The molecule has 1 aromatic carbocycles. The second kappa shape index (κ2) is 7.19. The molecule has 1 saturated carbocycles. The predicted octanol–water partition coefficient (Wildman–Crippen LogP) is 4.87. The van der Waals surface area contributed by atoms with Crippen LogP contribution < -0.4 is 5.32 Å². The van der Waals surface area contributed by atoms with Gasteiger partial charge in [0.15, 0.2) is 0 Å². The van der Waals surface area contributed by atoms with E-state index in [1.54, 1.807) is 11.3 Å². The third kappa shape index (κ3) is 3.92. The normalized spacial score (nSPS) is 17.8. The molecule has 0 saturated heterocycles. The van der Waals surface area contributed by atoms with E-state index in [0.717, 1.165) is 18.2 Å². The van der Waals surface area contributed by atoms with Crippen molar-refractivity contribution in [2.24, 2.45) is 5.92 Å². The molecule has 2 nitrogen and oxygen atoms in total. The first-order valence-corrected chi connectivity index (χ1v) is 8.94. The van der Waals surface area contributed by atoms with Gasteiger partial charge in [0, 0.05) is 23.5 Å². The van der Waals surface area contributed by atoms with Gasteiger partial charge in [0.1, 0.15) is 5.01 Å². The molecule has 1 unspecified atom stereocenters. The number of aromatic nitrogens is 1. The van der Waals surface area contributed by atoms with Crippen molar-refractivity contribution in [2.45, 2.75) is 51.6 Å². The van der Waals surface area contributed by atoms with E-state index in [9.17, 15) is 0 Å². The minimum atomic E-state index is 0.606. The third-order valence-corrected chi connectivity index (χ3v) is 5.40. The molecule has 112 valence electrons. The SMILES string of the molecule is CC(NCc1nc(-c2ccccc2)cs1)C1CCCCC1. The monoisotopic (exact) mass is 300 g/mol. The van der Waals surface area contributed by atoms with E-state index in [1.807, 2.05) is 6.07 Å². The lowest BCUT2D eigenvalue weighted by atomic mass is 9.84. The molecule has 0 aliphatic heterocycles. The van der Waals surface area contributed by atoms with Crippen LogP contribution in [0.3, 0.4) is 0 Å². The molecule has 1 aromatic heterocycles. The predicted molar refractivity (Wildman–Crippen MR) is 90.4 cm³/mol. The zero-order chi connectivity index (χ0) is 14.5. The summed E-state index contributed by atoms with van der Waals surface area (Å²) in [5.74, 6) is 0.854. The lowest BCUT2D eigenvalue weighted by molar-refractivity contribution is 0.280. The molecule has 3 rings (SSSR count). The van der Waals surface area contributed by atoms with E-state index in [4.69, 9.17) is 4.98 Å². The van der Waals surface area contributed by atoms with Crippen molar-refractivity contribution < 1.29 is 0 Å². The molecule has 0 amide bonds. The summed E-state index contributed by atoms with van der Waals surface area (Å²) in [6.45, 7) is 3.23. The van der Waals surface area contributed by atoms with Crippen molar-refractivity contribution in [3.8, 4) is 11.3 Å². The fourth-order valence-corrected chi connectivity index (χ4v) is 3.94. The number of rotatable bonds is 5.